The van der Waals surface area contributed by atoms with Crippen LogP contribution in [0.2, 0.25) is 0 Å². The van der Waals surface area contributed by atoms with Crippen LogP contribution < -0.4 is 10.6 Å². The molecule has 0 radical (unpaired) electrons. The molecular formula is C9H18N2OS. The number of carbonyl (C=O) groups excluding carboxylic acids is 1. The van der Waals surface area contributed by atoms with Crippen LogP contribution in [0.5, 0.6) is 0 Å². The van der Waals surface area contributed by atoms with Crippen molar-refractivity contribution in [3.8, 4) is 0 Å². The van der Waals surface area contributed by atoms with Crippen LogP contribution in [0.3, 0.4) is 0 Å². The van der Waals surface area contributed by atoms with E-state index in [1.54, 1.807) is 0 Å². The number of hydrogen-bond donors (Lipinski definition) is 2. The van der Waals surface area contributed by atoms with Gasteiger partial charge in [-0.05, 0) is 31.4 Å². The molecule has 1 aliphatic rings. The van der Waals surface area contributed by atoms with E-state index < -0.39 is 0 Å². The number of hydrogen-bond acceptors (Lipinski definition) is 3. The predicted octanol–water partition coefficient (Wildman–Crippen LogP) is 0.465. The molecule has 0 aliphatic carbocycles. The van der Waals surface area contributed by atoms with Gasteiger partial charge < -0.3 is 10.6 Å². The summed E-state index contributed by atoms with van der Waals surface area (Å²) in [4.78, 5) is 11.5. The van der Waals surface area contributed by atoms with Gasteiger partial charge in [0.05, 0.1) is 0 Å². The first-order valence-electron chi connectivity index (χ1n) is 4.84. The Morgan fingerprint density at radius 2 is 2.08 bits per heavy atom. The number of amides is 1. The van der Waals surface area contributed by atoms with E-state index in [9.17, 15) is 4.79 Å². The number of thioether (sulfide) groups is 1. The molecule has 1 fully saturated rings. The minimum absolute atomic E-state index is 0.246. The van der Waals surface area contributed by atoms with Gasteiger partial charge in [-0.2, -0.15) is 11.8 Å². The Kier molecular flexibility index (Phi) is 5.23. The molecule has 3 nitrogen and oxygen atoms in total. The Hall–Kier alpha value is -0.220. The molecule has 0 spiro atoms. The summed E-state index contributed by atoms with van der Waals surface area (Å²) >= 11 is 1.95. The summed E-state index contributed by atoms with van der Waals surface area (Å²) in [7, 11) is 1.89. The van der Waals surface area contributed by atoms with Crippen LogP contribution in [0.1, 0.15) is 12.8 Å². The molecule has 1 amide bonds. The largest absolute Gasteiger partial charge is 0.355 e. The average Bonchev–Trinajstić information content (AvgIpc) is 2.19. The Balaban J connectivity index is 2.13. The van der Waals surface area contributed by atoms with Gasteiger partial charge >= 0.3 is 0 Å². The molecule has 1 heterocycles. The van der Waals surface area contributed by atoms with Crippen molar-refractivity contribution in [1.82, 2.24) is 10.6 Å². The monoisotopic (exact) mass is 202 g/mol. The Morgan fingerprint density at radius 3 is 2.69 bits per heavy atom. The van der Waals surface area contributed by atoms with Gasteiger partial charge in [-0.15, -0.1) is 0 Å². The van der Waals surface area contributed by atoms with E-state index in [1.807, 2.05) is 18.8 Å². The molecule has 1 saturated heterocycles. The maximum absolute atomic E-state index is 11.5. The van der Waals surface area contributed by atoms with Gasteiger partial charge in [0.1, 0.15) is 0 Å². The summed E-state index contributed by atoms with van der Waals surface area (Å²) in [5, 5.41) is 5.95. The number of rotatable bonds is 4. The molecule has 0 aromatic heterocycles. The molecule has 76 valence electrons. The van der Waals surface area contributed by atoms with Crippen molar-refractivity contribution in [2.45, 2.75) is 12.8 Å². The molecule has 0 saturated carbocycles. The Morgan fingerprint density at radius 1 is 1.38 bits per heavy atom. The van der Waals surface area contributed by atoms with Gasteiger partial charge in [0.2, 0.25) is 5.91 Å². The van der Waals surface area contributed by atoms with Crippen molar-refractivity contribution in [2.24, 2.45) is 5.92 Å². The van der Waals surface area contributed by atoms with Gasteiger partial charge in [-0.3, -0.25) is 4.79 Å². The molecule has 0 unspecified atom stereocenters. The lowest BCUT2D eigenvalue weighted by molar-refractivity contribution is -0.125. The number of likely N-dealkylation sites (N-methyl/N-ethyl adjacent to an activating group) is 1. The molecule has 1 rings (SSSR count). The first-order chi connectivity index (χ1) is 6.34. The van der Waals surface area contributed by atoms with Crippen LogP contribution in [0.4, 0.5) is 0 Å². The predicted molar refractivity (Wildman–Crippen MR) is 57.0 cm³/mol. The summed E-state index contributed by atoms with van der Waals surface area (Å²) in [5.41, 5.74) is 0. The second-order valence-corrected chi connectivity index (χ2v) is 4.51. The highest BCUT2D eigenvalue weighted by molar-refractivity contribution is 7.99. The summed E-state index contributed by atoms with van der Waals surface area (Å²) < 4.78 is 0. The minimum Gasteiger partial charge on any atom is -0.355 e. The topological polar surface area (TPSA) is 41.1 Å². The number of nitrogens with one attached hydrogen (secondary N) is 2. The van der Waals surface area contributed by atoms with Gasteiger partial charge in [-0.25, -0.2) is 0 Å². The van der Waals surface area contributed by atoms with E-state index in [-0.39, 0.29) is 11.8 Å². The molecule has 2 N–H and O–H groups in total. The second-order valence-electron chi connectivity index (χ2n) is 3.28. The van der Waals surface area contributed by atoms with Crippen LogP contribution in [0.25, 0.3) is 0 Å². The van der Waals surface area contributed by atoms with Crippen LogP contribution in [-0.2, 0) is 4.79 Å². The van der Waals surface area contributed by atoms with Crippen molar-refractivity contribution < 1.29 is 4.79 Å². The minimum atomic E-state index is 0.246. The zero-order valence-electron chi connectivity index (χ0n) is 8.14. The lowest BCUT2D eigenvalue weighted by Crippen LogP contribution is -2.36. The van der Waals surface area contributed by atoms with E-state index in [4.69, 9.17) is 0 Å². The fourth-order valence-electron chi connectivity index (χ4n) is 1.41. The summed E-state index contributed by atoms with van der Waals surface area (Å²) in [6, 6.07) is 0. The fraction of sp³-hybridized carbons (Fsp3) is 0.889. The SMILES string of the molecule is CNCCNC(=O)C1CCSCC1. The summed E-state index contributed by atoms with van der Waals surface area (Å²) in [5.74, 6) is 2.81. The van der Waals surface area contributed by atoms with Crippen molar-refractivity contribution in [2.75, 3.05) is 31.6 Å². The molecular weight excluding hydrogens is 184 g/mol. The first-order valence-corrected chi connectivity index (χ1v) is 6.00. The third-order valence-electron chi connectivity index (χ3n) is 2.27. The Labute approximate surface area is 84.0 Å². The molecule has 0 bridgehead atoms. The van der Waals surface area contributed by atoms with Crippen LogP contribution in [0.15, 0.2) is 0 Å². The van der Waals surface area contributed by atoms with Crippen LogP contribution in [-0.4, -0.2) is 37.6 Å². The Bertz CT molecular complexity index is 158. The van der Waals surface area contributed by atoms with Crippen LogP contribution >= 0.6 is 11.8 Å². The molecule has 4 heteroatoms. The molecule has 0 aromatic rings. The molecule has 13 heavy (non-hydrogen) atoms. The smallest absolute Gasteiger partial charge is 0.223 e. The second kappa shape index (κ2) is 6.27. The quantitative estimate of drug-likeness (QED) is 0.651. The standard InChI is InChI=1S/C9H18N2OS/c1-10-4-5-11-9(12)8-2-6-13-7-3-8/h8,10H,2-7H2,1H3,(H,11,12). The van der Waals surface area contributed by atoms with Crippen molar-refractivity contribution in [3.63, 3.8) is 0 Å². The van der Waals surface area contributed by atoms with Crippen molar-refractivity contribution in [3.05, 3.63) is 0 Å². The fourth-order valence-corrected chi connectivity index (χ4v) is 2.52. The summed E-state index contributed by atoms with van der Waals surface area (Å²) in [6.45, 7) is 1.60. The average molecular weight is 202 g/mol. The third kappa shape index (κ3) is 4.00. The highest BCUT2D eigenvalue weighted by Crippen LogP contribution is 2.22. The molecule has 0 atom stereocenters. The van der Waals surface area contributed by atoms with Gasteiger partial charge in [0.25, 0.3) is 0 Å². The molecule has 1 aliphatic heterocycles. The lowest BCUT2D eigenvalue weighted by Gasteiger charge is -2.20. The lowest BCUT2D eigenvalue weighted by atomic mass is 10.0. The van der Waals surface area contributed by atoms with E-state index >= 15 is 0 Å². The van der Waals surface area contributed by atoms with E-state index in [0.717, 1.165) is 37.4 Å². The van der Waals surface area contributed by atoms with Crippen molar-refractivity contribution in [1.29, 1.82) is 0 Å². The summed E-state index contributed by atoms with van der Waals surface area (Å²) in [6.07, 6.45) is 2.10. The van der Waals surface area contributed by atoms with Gasteiger partial charge in [-0.1, -0.05) is 0 Å². The normalized spacial score (nSPS) is 18.5. The van der Waals surface area contributed by atoms with Gasteiger partial charge in [0, 0.05) is 19.0 Å². The number of carbonyl (C=O) groups is 1. The van der Waals surface area contributed by atoms with E-state index in [1.165, 1.54) is 0 Å². The van der Waals surface area contributed by atoms with Crippen LogP contribution in [0, 0.1) is 5.92 Å². The van der Waals surface area contributed by atoms with E-state index in [0.29, 0.717) is 0 Å². The van der Waals surface area contributed by atoms with Gasteiger partial charge in [0.15, 0.2) is 0 Å². The third-order valence-corrected chi connectivity index (χ3v) is 3.32. The molecule has 0 aromatic carbocycles. The zero-order chi connectivity index (χ0) is 9.52. The van der Waals surface area contributed by atoms with Crippen molar-refractivity contribution >= 4 is 17.7 Å². The highest BCUT2D eigenvalue weighted by atomic mass is 32.2. The maximum Gasteiger partial charge on any atom is 0.223 e. The van der Waals surface area contributed by atoms with E-state index in [2.05, 4.69) is 10.6 Å². The zero-order valence-corrected chi connectivity index (χ0v) is 8.95. The highest BCUT2D eigenvalue weighted by Gasteiger charge is 2.20. The first kappa shape index (κ1) is 10.9. The maximum atomic E-state index is 11.5.